The highest BCUT2D eigenvalue weighted by atomic mass is 16.6. The average Bonchev–Trinajstić information content (AvgIpc) is 3.10. The van der Waals surface area contributed by atoms with Gasteiger partial charge in [-0.1, -0.05) is 72.8 Å². The van der Waals surface area contributed by atoms with E-state index in [9.17, 15) is 14.4 Å². The maximum atomic E-state index is 12.8. The van der Waals surface area contributed by atoms with Crippen LogP contribution in [0.4, 0.5) is 4.79 Å². The molecule has 8 nitrogen and oxygen atoms in total. The molecule has 0 saturated carbocycles. The van der Waals surface area contributed by atoms with Crippen LogP contribution in [0.25, 0.3) is 0 Å². The molecule has 1 N–H and O–H groups in total. The predicted octanol–water partition coefficient (Wildman–Crippen LogP) is 6.15. The molecule has 1 amide bonds. The number of carbonyl (C=O) groups is 3. The minimum atomic E-state index is -0.442. The maximum absolute atomic E-state index is 12.8. The molecule has 0 aromatic heterocycles. The normalized spacial score (nSPS) is 20.2. The summed E-state index contributed by atoms with van der Waals surface area (Å²) in [5.74, 6) is 0.935. The van der Waals surface area contributed by atoms with Crippen molar-refractivity contribution in [3.8, 4) is 5.75 Å². The van der Waals surface area contributed by atoms with Crippen molar-refractivity contribution in [1.29, 1.82) is 0 Å². The first kappa shape index (κ1) is 30.1. The number of hydrogen-bond donors (Lipinski definition) is 1. The van der Waals surface area contributed by atoms with E-state index in [2.05, 4.69) is 34.5 Å². The monoisotopic (exact) mass is 604 g/mol. The molecular formula is C37H36N2O6. The first-order chi connectivity index (χ1) is 22.0. The van der Waals surface area contributed by atoms with Crippen molar-refractivity contribution in [1.82, 2.24) is 10.2 Å². The van der Waals surface area contributed by atoms with Gasteiger partial charge in [-0.2, -0.15) is 0 Å². The van der Waals surface area contributed by atoms with Gasteiger partial charge < -0.3 is 19.5 Å². The van der Waals surface area contributed by atoms with Crippen LogP contribution in [0.15, 0.2) is 103 Å². The van der Waals surface area contributed by atoms with E-state index in [-0.39, 0.29) is 12.7 Å². The average molecular weight is 605 g/mol. The summed E-state index contributed by atoms with van der Waals surface area (Å²) in [7, 11) is 0. The lowest BCUT2D eigenvalue weighted by molar-refractivity contribution is -0.0459. The predicted molar refractivity (Wildman–Crippen MR) is 169 cm³/mol. The van der Waals surface area contributed by atoms with Crippen LogP contribution in [0.5, 0.6) is 5.75 Å². The molecule has 3 fully saturated rings. The molecule has 3 unspecified atom stereocenters. The summed E-state index contributed by atoms with van der Waals surface area (Å²) in [5.41, 5.74) is 4.82. The summed E-state index contributed by atoms with van der Waals surface area (Å²) >= 11 is 0. The van der Waals surface area contributed by atoms with Crippen LogP contribution in [-0.4, -0.2) is 49.0 Å². The Morgan fingerprint density at radius 3 is 2.42 bits per heavy atom. The maximum Gasteiger partial charge on any atom is 0.407 e. The largest absolute Gasteiger partial charge is 0.489 e. The number of carbonyl (C=O) groups excluding carboxylic acids is 3. The summed E-state index contributed by atoms with van der Waals surface area (Å²) in [5, 5.41) is 2.91. The molecule has 4 atom stereocenters. The number of fused-ring (bicyclic) bond motifs is 3. The molecule has 230 valence electrons. The van der Waals surface area contributed by atoms with E-state index in [0.29, 0.717) is 41.9 Å². The van der Waals surface area contributed by atoms with E-state index < -0.39 is 12.1 Å². The third kappa shape index (κ3) is 7.77. The molecule has 2 bridgehead atoms. The molecule has 4 aromatic carbocycles. The summed E-state index contributed by atoms with van der Waals surface area (Å²) < 4.78 is 17.3. The van der Waals surface area contributed by atoms with E-state index in [1.54, 1.807) is 36.4 Å². The Bertz CT molecular complexity index is 1620. The van der Waals surface area contributed by atoms with Gasteiger partial charge in [-0.25, -0.2) is 9.59 Å². The Labute approximate surface area is 262 Å². The summed E-state index contributed by atoms with van der Waals surface area (Å²) in [6.07, 6.45) is 1.26. The number of aldehydes is 1. The van der Waals surface area contributed by atoms with E-state index in [4.69, 9.17) is 14.2 Å². The number of ether oxygens (including phenoxy) is 3. The molecule has 3 aliphatic rings. The molecule has 7 rings (SSSR count). The minimum Gasteiger partial charge on any atom is -0.489 e. The van der Waals surface area contributed by atoms with Crippen LogP contribution in [0.1, 0.15) is 55.3 Å². The molecule has 3 heterocycles. The molecule has 4 aromatic rings. The smallest absolute Gasteiger partial charge is 0.407 e. The van der Waals surface area contributed by atoms with E-state index in [1.165, 1.54) is 5.56 Å². The Morgan fingerprint density at radius 1 is 0.822 bits per heavy atom. The van der Waals surface area contributed by atoms with Gasteiger partial charge in [0.2, 0.25) is 0 Å². The number of amides is 1. The van der Waals surface area contributed by atoms with Crippen molar-refractivity contribution >= 4 is 18.3 Å². The molecule has 8 heteroatoms. The van der Waals surface area contributed by atoms with Gasteiger partial charge in [0.1, 0.15) is 31.4 Å². The second-order valence-electron chi connectivity index (χ2n) is 11.6. The molecular weight excluding hydrogens is 568 g/mol. The second-order valence-corrected chi connectivity index (χ2v) is 11.6. The zero-order valence-electron chi connectivity index (χ0n) is 25.0. The van der Waals surface area contributed by atoms with Crippen molar-refractivity contribution in [3.63, 3.8) is 0 Å². The highest BCUT2D eigenvalue weighted by Crippen LogP contribution is 2.40. The van der Waals surface area contributed by atoms with Crippen LogP contribution < -0.4 is 10.1 Å². The highest BCUT2D eigenvalue weighted by Gasteiger charge is 2.43. The molecule has 0 aliphatic carbocycles. The molecule has 3 aliphatic heterocycles. The van der Waals surface area contributed by atoms with Crippen molar-refractivity contribution in [3.05, 3.63) is 137 Å². The third-order valence-corrected chi connectivity index (χ3v) is 8.54. The van der Waals surface area contributed by atoms with Crippen molar-refractivity contribution in [2.24, 2.45) is 5.92 Å². The van der Waals surface area contributed by atoms with Crippen LogP contribution >= 0.6 is 0 Å². The quantitative estimate of drug-likeness (QED) is 0.162. The lowest BCUT2D eigenvalue weighted by atomic mass is 9.74. The van der Waals surface area contributed by atoms with Crippen molar-refractivity contribution < 1.29 is 28.6 Å². The van der Waals surface area contributed by atoms with E-state index >= 15 is 0 Å². The van der Waals surface area contributed by atoms with E-state index in [0.717, 1.165) is 49.0 Å². The Balaban J connectivity index is 0.957. The Hall–Kier alpha value is -4.95. The zero-order chi connectivity index (χ0) is 31.0. The molecule has 0 radical (unpaired) electrons. The van der Waals surface area contributed by atoms with Crippen molar-refractivity contribution in [2.45, 2.75) is 38.2 Å². The third-order valence-electron chi connectivity index (χ3n) is 8.54. The van der Waals surface area contributed by atoms with Crippen LogP contribution in [0, 0.1) is 5.92 Å². The molecule has 45 heavy (non-hydrogen) atoms. The van der Waals surface area contributed by atoms with Gasteiger partial charge in [0.25, 0.3) is 0 Å². The second kappa shape index (κ2) is 14.2. The fourth-order valence-electron chi connectivity index (χ4n) is 6.21. The lowest BCUT2D eigenvalue weighted by Gasteiger charge is -2.49. The van der Waals surface area contributed by atoms with Crippen LogP contribution in [0.3, 0.4) is 0 Å². The topological polar surface area (TPSA) is 94.2 Å². The number of nitrogens with zero attached hydrogens (tertiary/aromatic N) is 1. The fraction of sp³-hybridized carbons (Fsp3) is 0.270. The lowest BCUT2D eigenvalue weighted by Crippen LogP contribution is -2.56. The first-order valence-electron chi connectivity index (χ1n) is 15.3. The van der Waals surface area contributed by atoms with Gasteiger partial charge in [-0.15, -0.1) is 0 Å². The van der Waals surface area contributed by atoms with Gasteiger partial charge in [0.05, 0.1) is 5.56 Å². The number of hydrogen-bond acceptors (Lipinski definition) is 7. The summed E-state index contributed by atoms with van der Waals surface area (Å²) in [6.45, 7) is 3.58. The number of nitrogens with one attached hydrogen (secondary N) is 1. The number of esters is 1. The van der Waals surface area contributed by atoms with Crippen molar-refractivity contribution in [2.75, 3.05) is 19.6 Å². The fourth-order valence-corrected chi connectivity index (χ4v) is 6.21. The summed E-state index contributed by atoms with van der Waals surface area (Å²) in [6, 6.07) is 32.1. The van der Waals surface area contributed by atoms with Gasteiger partial charge in [0, 0.05) is 37.0 Å². The number of alkyl carbamates (subject to hydrolysis) is 1. The Morgan fingerprint density at radius 2 is 1.62 bits per heavy atom. The SMILES string of the molecule is O=Cc1cccc(COC(=O)c2ccc(COc3cccc(CNC(=O)O[C@H]4CN5CCC4C(c4ccccc4)C5)c3)cc2)c1. The molecule has 3 saturated heterocycles. The minimum absolute atomic E-state index is 0.0860. The van der Waals surface area contributed by atoms with Gasteiger partial charge in [-0.05, 0) is 65.6 Å². The highest BCUT2D eigenvalue weighted by molar-refractivity contribution is 5.89. The van der Waals surface area contributed by atoms with E-state index in [1.807, 2.05) is 42.5 Å². The first-order valence-corrected chi connectivity index (χ1v) is 15.3. The van der Waals surface area contributed by atoms with Gasteiger partial charge in [-0.3, -0.25) is 9.69 Å². The summed E-state index contributed by atoms with van der Waals surface area (Å²) in [4.78, 5) is 38.6. The number of benzene rings is 4. The van der Waals surface area contributed by atoms with Crippen LogP contribution in [0.2, 0.25) is 0 Å². The van der Waals surface area contributed by atoms with Crippen LogP contribution in [-0.2, 0) is 29.2 Å². The number of piperidine rings is 3. The molecule has 0 spiro atoms. The number of rotatable bonds is 11. The van der Waals surface area contributed by atoms with Gasteiger partial charge in [0.15, 0.2) is 0 Å². The standard InChI is InChI=1S/C37H36N2O6/c40-23-28-7-4-8-29(18-28)25-44-36(41)31-14-12-26(13-15-31)24-43-32-11-5-6-27(19-32)20-38-37(42)45-35-22-39-17-16-33(35)34(21-39)30-9-2-1-3-10-30/h1-15,18-19,23,33-35H,16-17,20-22,24-25H2,(H,38,42)/t33?,34?,35-/m0/s1. The Kier molecular flexibility index (Phi) is 9.51. The zero-order valence-corrected chi connectivity index (χ0v) is 25.0. The van der Waals surface area contributed by atoms with Gasteiger partial charge >= 0.3 is 12.1 Å².